The van der Waals surface area contributed by atoms with Crippen molar-refractivity contribution in [2.45, 2.75) is 251 Å². The zero-order valence-electron chi connectivity index (χ0n) is 44.8. The standard InChI is InChI=1S/C58H106NO8P/c1-6-8-10-12-14-16-18-20-21-22-23-24-25-26-27-28-29-30-31-32-33-34-35-36-37-39-41-43-45-47-49-51-58(61)67-56(55-66-68(62,63)65-53-52-59(3,4)5)54-64-57(60)50-48-46-44-42-40-38-19-17-15-13-11-9-7-2/h8,10,14,16-17,19-21,23-24,56H,6-7,9,11-13,15,18,22,25-55H2,1-5H3/p+1/b10-8-,16-14-,19-17-,21-20-,24-23-. The Bertz CT molecular complexity index is 1340. The Balaban J connectivity index is 4.05. The van der Waals surface area contributed by atoms with E-state index in [1.54, 1.807) is 0 Å². The van der Waals surface area contributed by atoms with Gasteiger partial charge in [-0.15, -0.1) is 0 Å². The molecule has 10 heteroatoms. The summed E-state index contributed by atoms with van der Waals surface area (Å²) in [5.41, 5.74) is 0. The highest BCUT2D eigenvalue weighted by Crippen LogP contribution is 2.43. The van der Waals surface area contributed by atoms with Crippen LogP contribution < -0.4 is 0 Å². The lowest BCUT2D eigenvalue weighted by atomic mass is 10.0. The van der Waals surface area contributed by atoms with E-state index in [2.05, 4.69) is 74.6 Å². The average molecular weight is 977 g/mol. The number of hydrogen-bond acceptors (Lipinski definition) is 7. The van der Waals surface area contributed by atoms with E-state index in [9.17, 15) is 19.0 Å². The Labute approximate surface area is 419 Å². The molecule has 2 unspecified atom stereocenters. The minimum absolute atomic E-state index is 0.0304. The van der Waals surface area contributed by atoms with Crippen LogP contribution in [0.1, 0.15) is 245 Å². The Morgan fingerprint density at radius 3 is 1.26 bits per heavy atom. The molecule has 0 rings (SSSR count). The van der Waals surface area contributed by atoms with Gasteiger partial charge in [0.25, 0.3) is 0 Å². The van der Waals surface area contributed by atoms with Crippen LogP contribution in [0.15, 0.2) is 60.8 Å². The lowest BCUT2D eigenvalue weighted by molar-refractivity contribution is -0.870. The van der Waals surface area contributed by atoms with Crippen LogP contribution in [0.2, 0.25) is 0 Å². The number of unbranched alkanes of at least 4 members (excludes halogenated alkanes) is 27. The molecule has 2 atom stereocenters. The van der Waals surface area contributed by atoms with Crippen LogP contribution in [0, 0.1) is 0 Å². The van der Waals surface area contributed by atoms with Crippen molar-refractivity contribution in [2.24, 2.45) is 0 Å². The van der Waals surface area contributed by atoms with Gasteiger partial charge in [0, 0.05) is 12.8 Å². The summed E-state index contributed by atoms with van der Waals surface area (Å²) < 4.78 is 34.5. The summed E-state index contributed by atoms with van der Waals surface area (Å²) in [4.78, 5) is 35.6. The first kappa shape index (κ1) is 65.7. The van der Waals surface area contributed by atoms with Crippen LogP contribution in [0.25, 0.3) is 0 Å². The Morgan fingerprint density at radius 2 is 0.838 bits per heavy atom. The van der Waals surface area contributed by atoms with E-state index < -0.39 is 26.5 Å². The maximum Gasteiger partial charge on any atom is 0.472 e. The van der Waals surface area contributed by atoms with E-state index in [1.807, 2.05) is 21.1 Å². The van der Waals surface area contributed by atoms with E-state index in [0.717, 1.165) is 77.0 Å². The molecule has 0 fully saturated rings. The summed E-state index contributed by atoms with van der Waals surface area (Å²) >= 11 is 0. The van der Waals surface area contributed by atoms with Crippen molar-refractivity contribution in [1.29, 1.82) is 0 Å². The predicted octanol–water partition coefficient (Wildman–Crippen LogP) is 17.1. The molecule has 0 bridgehead atoms. The van der Waals surface area contributed by atoms with Crippen LogP contribution >= 0.6 is 7.82 Å². The third kappa shape index (κ3) is 53.1. The molecule has 0 aliphatic rings. The zero-order chi connectivity index (χ0) is 49.9. The second kappa shape index (κ2) is 49.7. The third-order valence-electron chi connectivity index (χ3n) is 12.0. The van der Waals surface area contributed by atoms with Crippen molar-refractivity contribution in [1.82, 2.24) is 0 Å². The number of carbonyl (C=O) groups excluding carboxylic acids is 2. The molecule has 0 aliphatic carbocycles. The molecule has 0 amide bonds. The molecule has 0 spiro atoms. The maximum absolute atomic E-state index is 12.8. The van der Waals surface area contributed by atoms with E-state index in [1.165, 1.54) is 135 Å². The molecule has 0 aromatic heterocycles. The molecule has 68 heavy (non-hydrogen) atoms. The van der Waals surface area contributed by atoms with Gasteiger partial charge in [-0.05, 0) is 77.0 Å². The number of ether oxygens (including phenoxy) is 2. The topological polar surface area (TPSA) is 108 Å². The fraction of sp³-hybridized carbons (Fsp3) is 0.793. The van der Waals surface area contributed by atoms with Crippen molar-refractivity contribution in [2.75, 3.05) is 47.5 Å². The molecule has 0 saturated heterocycles. The van der Waals surface area contributed by atoms with Gasteiger partial charge in [-0.25, -0.2) is 4.57 Å². The van der Waals surface area contributed by atoms with Crippen LogP contribution in [0.5, 0.6) is 0 Å². The van der Waals surface area contributed by atoms with Gasteiger partial charge >= 0.3 is 19.8 Å². The number of quaternary nitrogens is 1. The molecule has 9 nitrogen and oxygen atoms in total. The summed E-state index contributed by atoms with van der Waals surface area (Å²) in [5, 5.41) is 0. The Hall–Kier alpha value is -2.29. The van der Waals surface area contributed by atoms with E-state index in [4.69, 9.17) is 18.5 Å². The quantitative estimate of drug-likeness (QED) is 0.0211. The van der Waals surface area contributed by atoms with Crippen molar-refractivity contribution < 1.29 is 42.1 Å². The second-order valence-electron chi connectivity index (χ2n) is 19.9. The monoisotopic (exact) mass is 977 g/mol. The van der Waals surface area contributed by atoms with Gasteiger partial charge < -0.3 is 18.9 Å². The van der Waals surface area contributed by atoms with Crippen molar-refractivity contribution >= 4 is 19.8 Å². The van der Waals surface area contributed by atoms with E-state index >= 15 is 0 Å². The van der Waals surface area contributed by atoms with Crippen LogP contribution in [-0.4, -0.2) is 74.9 Å². The minimum Gasteiger partial charge on any atom is -0.462 e. The number of allylic oxidation sites excluding steroid dienone is 10. The van der Waals surface area contributed by atoms with Gasteiger partial charge in [-0.2, -0.15) is 0 Å². The number of carbonyl (C=O) groups is 2. The molecule has 0 aliphatic heterocycles. The van der Waals surface area contributed by atoms with Gasteiger partial charge in [0.15, 0.2) is 6.10 Å². The fourth-order valence-electron chi connectivity index (χ4n) is 7.71. The summed E-state index contributed by atoms with van der Waals surface area (Å²) in [6.07, 6.45) is 63.0. The SMILES string of the molecule is CC/C=C\C/C=C\C/C=C\C/C=C\CCCCCCCCCCCCCCCCCCCCC(=O)OC(COC(=O)CCCCCCC/C=C\CCCCCC)COP(=O)(O)OCC[N+](C)(C)C. The number of nitrogens with zero attached hydrogens (tertiary/aromatic N) is 1. The van der Waals surface area contributed by atoms with E-state index in [0.29, 0.717) is 17.4 Å². The van der Waals surface area contributed by atoms with Crippen molar-refractivity contribution in [3.63, 3.8) is 0 Å². The number of phosphoric ester groups is 1. The smallest absolute Gasteiger partial charge is 0.462 e. The first-order valence-corrected chi connectivity index (χ1v) is 29.5. The van der Waals surface area contributed by atoms with Gasteiger partial charge in [-0.1, -0.05) is 216 Å². The molecule has 0 saturated carbocycles. The highest BCUT2D eigenvalue weighted by Gasteiger charge is 2.27. The average Bonchev–Trinajstić information content (AvgIpc) is 3.30. The highest BCUT2D eigenvalue weighted by atomic mass is 31.2. The largest absolute Gasteiger partial charge is 0.472 e. The lowest BCUT2D eigenvalue weighted by Crippen LogP contribution is -2.37. The van der Waals surface area contributed by atoms with Crippen LogP contribution in [-0.2, 0) is 32.7 Å². The fourth-order valence-corrected chi connectivity index (χ4v) is 8.45. The number of phosphoric acid groups is 1. The molecule has 396 valence electrons. The van der Waals surface area contributed by atoms with Gasteiger partial charge in [0.1, 0.15) is 19.8 Å². The predicted molar refractivity (Wildman–Crippen MR) is 289 cm³/mol. The molecule has 0 radical (unpaired) electrons. The maximum atomic E-state index is 12.8. The normalized spacial score (nSPS) is 13.8. The molecular formula is C58H107NO8P+. The Kier molecular flexibility index (Phi) is 48.0. The zero-order valence-corrected chi connectivity index (χ0v) is 45.7. The molecule has 0 aromatic carbocycles. The molecular weight excluding hydrogens is 870 g/mol. The molecule has 1 N–H and O–H groups in total. The number of likely N-dealkylation sites (N-methyl/N-ethyl adjacent to an activating group) is 1. The number of rotatable bonds is 51. The van der Waals surface area contributed by atoms with Gasteiger partial charge in [0.05, 0.1) is 27.7 Å². The van der Waals surface area contributed by atoms with E-state index in [-0.39, 0.29) is 32.0 Å². The molecule has 0 aromatic rings. The van der Waals surface area contributed by atoms with Gasteiger partial charge in [-0.3, -0.25) is 18.6 Å². The first-order valence-electron chi connectivity index (χ1n) is 28.0. The van der Waals surface area contributed by atoms with Crippen LogP contribution in [0.3, 0.4) is 0 Å². The second-order valence-corrected chi connectivity index (χ2v) is 21.4. The lowest BCUT2D eigenvalue weighted by Gasteiger charge is -2.24. The van der Waals surface area contributed by atoms with Gasteiger partial charge in [0.2, 0.25) is 0 Å². The Morgan fingerprint density at radius 1 is 0.471 bits per heavy atom. The summed E-state index contributed by atoms with van der Waals surface area (Å²) in [5.74, 6) is -0.802. The number of esters is 2. The summed E-state index contributed by atoms with van der Waals surface area (Å²) in [7, 11) is 1.48. The third-order valence-corrected chi connectivity index (χ3v) is 13.0. The first-order chi connectivity index (χ1) is 33.0. The summed E-state index contributed by atoms with van der Waals surface area (Å²) in [6.45, 7) is 4.31. The van der Waals surface area contributed by atoms with Crippen molar-refractivity contribution in [3.05, 3.63) is 60.8 Å². The molecule has 0 heterocycles. The van der Waals surface area contributed by atoms with Crippen molar-refractivity contribution in [3.8, 4) is 0 Å². The highest BCUT2D eigenvalue weighted by molar-refractivity contribution is 7.47. The summed E-state index contributed by atoms with van der Waals surface area (Å²) in [6, 6.07) is 0. The minimum atomic E-state index is -4.38. The number of hydrogen-bond donors (Lipinski definition) is 1. The van der Waals surface area contributed by atoms with Crippen LogP contribution in [0.4, 0.5) is 0 Å².